The highest BCUT2D eigenvalue weighted by atomic mass is 35.5. The van der Waals surface area contributed by atoms with Crippen molar-refractivity contribution in [2.24, 2.45) is 5.10 Å². The third kappa shape index (κ3) is 3.03. The summed E-state index contributed by atoms with van der Waals surface area (Å²) in [5, 5.41) is 5.48. The highest BCUT2D eigenvalue weighted by molar-refractivity contribution is 6.33. The molecule has 0 radical (unpaired) electrons. The summed E-state index contributed by atoms with van der Waals surface area (Å²) in [6.45, 7) is 0. The molecule has 0 unspecified atom stereocenters. The quantitative estimate of drug-likeness (QED) is 0.502. The molecule has 4 aromatic rings. The fourth-order valence-corrected chi connectivity index (χ4v) is 2.89. The second-order valence-corrected chi connectivity index (χ2v) is 6.11. The van der Waals surface area contributed by atoms with Crippen molar-refractivity contribution in [1.29, 1.82) is 0 Å². The fourth-order valence-electron chi connectivity index (χ4n) is 2.70. The first-order chi connectivity index (χ1) is 12.7. The van der Waals surface area contributed by atoms with Crippen molar-refractivity contribution in [1.82, 2.24) is 9.66 Å². The number of para-hydroxylation sites is 1. The smallest absolute Gasteiger partial charge is 0.267 e. The summed E-state index contributed by atoms with van der Waals surface area (Å²) in [6.07, 6.45) is 1.58. The topological polar surface area (TPSA) is 47.2 Å². The van der Waals surface area contributed by atoms with Gasteiger partial charge in [0.05, 0.1) is 17.1 Å². The van der Waals surface area contributed by atoms with Crippen LogP contribution in [0.5, 0.6) is 0 Å². The second-order valence-electron chi connectivity index (χ2n) is 5.70. The van der Waals surface area contributed by atoms with Crippen molar-refractivity contribution in [3.05, 3.63) is 99.8 Å². The number of nitrogens with zero attached hydrogens (tertiary/aromatic N) is 3. The second kappa shape index (κ2) is 6.94. The SMILES string of the molecule is O=c1c2ccccc2nc(-c2ccccc2)n1/N=C\c1ccccc1Cl. The van der Waals surface area contributed by atoms with E-state index in [1.807, 2.05) is 66.7 Å². The van der Waals surface area contributed by atoms with Crippen molar-refractivity contribution in [2.45, 2.75) is 0 Å². The summed E-state index contributed by atoms with van der Waals surface area (Å²) < 4.78 is 1.32. The first-order valence-electron chi connectivity index (χ1n) is 8.10. The van der Waals surface area contributed by atoms with E-state index < -0.39 is 0 Å². The van der Waals surface area contributed by atoms with Gasteiger partial charge in [0.25, 0.3) is 5.56 Å². The first kappa shape index (κ1) is 16.2. The Morgan fingerprint density at radius 2 is 1.58 bits per heavy atom. The van der Waals surface area contributed by atoms with Crippen LogP contribution in [-0.4, -0.2) is 15.9 Å². The Hall–Kier alpha value is -3.24. The molecule has 1 heterocycles. The Kier molecular flexibility index (Phi) is 4.33. The van der Waals surface area contributed by atoms with E-state index in [0.29, 0.717) is 21.7 Å². The number of hydrogen-bond donors (Lipinski definition) is 0. The Morgan fingerprint density at radius 3 is 2.38 bits per heavy atom. The molecule has 3 aromatic carbocycles. The predicted molar refractivity (Wildman–Crippen MR) is 106 cm³/mol. The van der Waals surface area contributed by atoms with E-state index in [-0.39, 0.29) is 5.56 Å². The lowest BCUT2D eigenvalue weighted by molar-refractivity contribution is 0.830. The number of halogens is 1. The van der Waals surface area contributed by atoms with Gasteiger partial charge < -0.3 is 0 Å². The molecule has 5 heteroatoms. The van der Waals surface area contributed by atoms with Crippen LogP contribution < -0.4 is 5.56 Å². The highest BCUT2D eigenvalue weighted by Crippen LogP contribution is 2.19. The number of benzene rings is 3. The van der Waals surface area contributed by atoms with Crippen molar-refractivity contribution >= 4 is 28.7 Å². The lowest BCUT2D eigenvalue weighted by Gasteiger charge is -2.09. The van der Waals surface area contributed by atoms with E-state index in [1.54, 1.807) is 18.3 Å². The Balaban J connectivity index is 1.96. The number of hydrogen-bond acceptors (Lipinski definition) is 3. The number of aromatic nitrogens is 2. The molecule has 1 aromatic heterocycles. The van der Waals surface area contributed by atoms with Gasteiger partial charge in [-0.15, -0.1) is 0 Å². The predicted octanol–water partition coefficient (Wildman–Crippen LogP) is 4.60. The molecule has 0 amide bonds. The molecular weight excluding hydrogens is 346 g/mol. The number of rotatable bonds is 3. The molecule has 0 saturated carbocycles. The maximum atomic E-state index is 13.0. The van der Waals surface area contributed by atoms with Crippen LogP contribution in [0.3, 0.4) is 0 Å². The molecular formula is C21H14ClN3O. The summed E-state index contributed by atoms with van der Waals surface area (Å²) in [6, 6.07) is 24.1. The summed E-state index contributed by atoms with van der Waals surface area (Å²) in [4.78, 5) is 17.7. The Morgan fingerprint density at radius 1 is 0.885 bits per heavy atom. The Labute approximate surface area is 155 Å². The average Bonchev–Trinajstić information content (AvgIpc) is 2.69. The zero-order valence-corrected chi connectivity index (χ0v) is 14.5. The zero-order valence-electron chi connectivity index (χ0n) is 13.7. The normalized spacial score (nSPS) is 11.3. The van der Waals surface area contributed by atoms with Crippen LogP contribution in [0.2, 0.25) is 5.02 Å². The summed E-state index contributed by atoms with van der Waals surface area (Å²) in [5.41, 5.74) is 1.96. The van der Waals surface area contributed by atoms with Gasteiger partial charge in [-0.05, 0) is 18.2 Å². The van der Waals surface area contributed by atoms with E-state index in [9.17, 15) is 4.79 Å². The average molecular weight is 360 g/mol. The highest BCUT2D eigenvalue weighted by Gasteiger charge is 2.12. The maximum absolute atomic E-state index is 13.0. The number of fused-ring (bicyclic) bond motifs is 1. The van der Waals surface area contributed by atoms with E-state index in [2.05, 4.69) is 10.1 Å². The summed E-state index contributed by atoms with van der Waals surface area (Å²) in [5.74, 6) is 0.484. The minimum absolute atomic E-state index is 0.224. The van der Waals surface area contributed by atoms with Crippen molar-refractivity contribution in [2.75, 3.05) is 0 Å². The molecule has 0 bridgehead atoms. The van der Waals surface area contributed by atoms with Gasteiger partial charge in [-0.1, -0.05) is 72.3 Å². The van der Waals surface area contributed by atoms with Crippen molar-refractivity contribution in [3.8, 4) is 11.4 Å². The van der Waals surface area contributed by atoms with Gasteiger partial charge in [-0.3, -0.25) is 4.79 Å². The molecule has 0 N–H and O–H groups in total. The molecule has 0 aliphatic heterocycles. The summed E-state index contributed by atoms with van der Waals surface area (Å²) in [7, 11) is 0. The molecule has 0 saturated heterocycles. The molecule has 0 aliphatic carbocycles. The molecule has 0 spiro atoms. The van der Waals surface area contributed by atoms with E-state index in [0.717, 1.165) is 11.1 Å². The van der Waals surface area contributed by atoms with Gasteiger partial charge in [0.15, 0.2) is 5.82 Å². The van der Waals surface area contributed by atoms with Crippen LogP contribution in [0.4, 0.5) is 0 Å². The van der Waals surface area contributed by atoms with E-state index in [4.69, 9.17) is 11.6 Å². The van der Waals surface area contributed by atoms with Gasteiger partial charge in [0, 0.05) is 16.1 Å². The van der Waals surface area contributed by atoms with Crippen LogP contribution >= 0.6 is 11.6 Å². The lowest BCUT2D eigenvalue weighted by atomic mass is 10.2. The van der Waals surface area contributed by atoms with Crippen molar-refractivity contribution in [3.63, 3.8) is 0 Å². The van der Waals surface area contributed by atoms with Gasteiger partial charge in [0.2, 0.25) is 0 Å². The zero-order chi connectivity index (χ0) is 17.9. The van der Waals surface area contributed by atoms with Gasteiger partial charge >= 0.3 is 0 Å². The maximum Gasteiger partial charge on any atom is 0.282 e. The molecule has 26 heavy (non-hydrogen) atoms. The molecule has 0 aliphatic rings. The fraction of sp³-hybridized carbons (Fsp3) is 0. The lowest BCUT2D eigenvalue weighted by Crippen LogP contribution is -2.20. The van der Waals surface area contributed by atoms with Crippen LogP contribution in [0.1, 0.15) is 5.56 Å². The van der Waals surface area contributed by atoms with Crippen LogP contribution in [0.25, 0.3) is 22.3 Å². The van der Waals surface area contributed by atoms with Crippen molar-refractivity contribution < 1.29 is 0 Å². The van der Waals surface area contributed by atoms with Crippen LogP contribution in [0.15, 0.2) is 88.8 Å². The Bertz CT molecular complexity index is 1170. The third-order valence-electron chi connectivity index (χ3n) is 4.00. The van der Waals surface area contributed by atoms with Gasteiger partial charge in [0.1, 0.15) is 0 Å². The first-order valence-corrected chi connectivity index (χ1v) is 8.48. The van der Waals surface area contributed by atoms with Crippen LogP contribution in [-0.2, 0) is 0 Å². The van der Waals surface area contributed by atoms with Gasteiger partial charge in [-0.2, -0.15) is 9.78 Å². The third-order valence-corrected chi connectivity index (χ3v) is 4.35. The standard InChI is InChI=1S/C21H14ClN3O/c22-18-12-6-4-10-16(18)14-23-25-20(15-8-2-1-3-9-15)24-19-13-7-5-11-17(19)21(25)26/h1-14H/b23-14-. The molecule has 126 valence electrons. The van der Waals surface area contributed by atoms with E-state index >= 15 is 0 Å². The van der Waals surface area contributed by atoms with Gasteiger partial charge in [-0.25, -0.2) is 4.98 Å². The molecule has 0 fully saturated rings. The minimum Gasteiger partial charge on any atom is -0.267 e. The molecule has 0 atom stereocenters. The monoisotopic (exact) mass is 359 g/mol. The largest absolute Gasteiger partial charge is 0.282 e. The molecule has 4 rings (SSSR count). The summed E-state index contributed by atoms with van der Waals surface area (Å²) >= 11 is 6.19. The minimum atomic E-state index is -0.224. The van der Waals surface area contributed by atoms with Crippen LogP contribution in [0, 0.1) is 0 Å². The molecule has 4 nitrogen and oxygen atoms in total. The van der Waals surface area contributed by atoms with E-state index in [1.165, 1.54) is 4.68 Å².